The number of hydrogen-bond donors (Lipinski definition) is 0. The molecule has 9 heavy (non-hydrogen) atoms. The predicted molar refractivity (Wildman–Crippen MR) is 39.2 cm³/mol. The molecule has 2 bridgehead atoms. The van der Waals surface area contributed by atoms with Gasteiger partial charge in [0.2, 0.25) is 0 Å². The average Bonchev–Trinajstić information content (AvgIpc) is 2.45. The summed E-state index contributed by atoms with van der Waals surface area (Å²) in [6.07, 6.45) is 8.82. The molecule has 0 unspecified atom stereocenters. The fourth-order valence-corrected chi connectivity index (χ4v) is 1.97. The SMILES string of the molecule is C/C=C1\C=C2CC[C@H]1C2. The lowest BCUT2D eigenvalue weighted by atomic mass is 9.99. The first-order valence-electron chi connectivity index (χ1n) is 3.76. The fourth-order valence-electron chi connectivity index (χ4n) is 1.97. The molecule has 0 radical (unpaired) electrons. The lowest BCUT2D eigenvalue weighted by molar-refractivity contribution is 0.671. The molecule has 2 aliphatic carbocycles. The number of hydrogen-bond acceptors (Lipinski definition) is 0. The molecular weight excluding hydrogens is 108 g/mol. The van der Waals surface area contributed by atoms with E-state index >= 15 is 0 Å². The van der Waals surface area contributed by atoms with Gasteiger partial charge in [-0.3, -0.25) is 0 Å². The molecule has 0 aromatic rings. The van der Waals surface area contributed by atoms with Crippen molar-refractivity contribution in [3.05, 3.63) is 23.3 Å². The Morgan fingerprint density at radius 2 is 2.56 bits per heavy atom. The summed E-state index contributed by atoms with van der Waals surface area (Å²) in [5, 5.41) is 0. The van der Waals surface area contributed by atoms with Crippen LogP contribution in [0.4, 0.5) is 0 Å². The lowest BCUT2D eigenvalue weighted by Gasteiger charge is -2.06. The average molecular weight is 120 g/mol. The first-order valence-corrected chi connectivity index (χ1v) is 3.76. The number of fused-ring (bicyclic) bond motifs is 2. The number of rotatable bonds is 0. The predicted octanol–water partition coefficient (Wildman–Crippen LogP) is 2.67. The molecule has 1 fully saturated rings. The second-order valence-electron chi connectivity index (χ2n) is 3.03. The van der Waals surface area contributed by atoms with E-state index in [-0.39, 0.29) is 0 Å². The summed E-state index contributed by atoms with van der Waals surface area (Å²) in [6.45, 7) is 2.15. The van der Waals surface area contributed by atoms with Crippen LogP contribution < -0.4 is 0 Å². The smallest absolute Gasteiger partial charge is 0.0125 e. The van der Waals surface area contributed by atoms with Crippen molar-refractivity contribution in [2.45, 2.75) is 26.2 Å². The molecule has 0 aliphatic heterocycles. The van der Waals surface area contributed by atoms with E-state index in [1.165, 1.54) is 19.3 Å². The molecule has 2 aliphatic rings. The van der Waals surface area contributed by atoms with Crippen LogP contribution in [0.3, 0.4) is 0 Å². The van der Waals surface area contributed by atoms with Crippen molar-refractivity contribution in [1.29, 1.82) is 0 Å². The molecule has 0 heteroatoms. The Balaban J connectivity index is 2.35. The van der Waals surface area contributed by atoms with E-state index in [1.54, 1.807) is 11.1 Å². The summed E-state index contributed by atoms with van der Waals surface area (Å²) < 4.78 is 0. The van der Waals surface area contributed by atoms with Gasteiger partial charge in [-0.15, -0.1) is 0 Å². The summed E-state index contributed by atoms with van der Waals surface area (Å²) in [7, 11) is 0. The highest BCUT2D eigenvalue weighted by molar-refractivity contribution is 5.36. The van der Waals surface area contributed by atoms with Gasteiger partial charge in [-0.25, -0.2) is 0 Å². The van der Waals surface area contributed by atoms with Gasteiger partial charge in [-0.2, -0.15) is 0 Å². The van der Waals surface area contributed by atoms with Gasteiger partial charge in [0.15, 0.2) is 0 Å². The van der Waals surface area contributed by atoms with Gasteiger partial charge in [-0.1, -0.05) is 17.7 Å². The summed E-state index contributed by atoms with van der Waals surface area (Å²) in [5.41, 5.74) is 3.28. The van der Waals surface area contributed by atoms with Crippen LogP contribution in [0.5, 0.6) is 0 Å². The van der Waals surface area contributed by atoms with Crippen LogP contribution in [0, 0.1) is 5.92 Å². The topological polar surface area (TPSA) is 0 Å². The Hall–Kier alpha value is -0.520. The lowest BCUT2D eigenvalue weighted by Crippen LogP contribution is -1.92. The molecule has 0 saturated heterocycles. The van der Waals surface area contributed by atoms with E-state index in [0.717, 1.165) is 5.92 Å². The Bertz CT molecular complexity index is 184. The van der Waals surface area contributed by atoms with Crippen LogP contribution in [0.25, 0.3) is 0 Å². The Labute approximate surface area is 56.3 Å². The van der Waals surface area contributed by atoms with Crippen LogP contribution in [0.1, 0.15) is 26.2 Å². The third kappa shape index (κ3) is 0.658. The van der Waals surface area contributed by atoms with Crippen LogP contribution >= 0.6 is 0 Å². The summed E-state index contributed by atoms with van der Waals surface area (Å²) in [5.74, 6) is 0.921. The van der Waals surface area contributed by atoms with Crippen molar-refractivity contribution in [2.24, 2.45) is 5.92 Å². The zero-order valence-corrected chi connectivity index (χ0v) is 5.85. The van der Waals surface area contributed by atoms with Crippen LogP contribution in [0.15, 0.2) is 23.3 Å². The monoisotopic (exact) mass is 120 g/mol. The quantitative estimate of drug-likeness (QED) is 0.461. The Morgan fingerprint density at radius 3 is 2.89 bits per heavy atom. The van der Waals surface area contributed by atoms with Crippen molar-refractivity contribution >= 4 is 0 Å². The number of allylic oxidation sites excluding steroid dienone is 4. The second kappa shape index (κ2) is 1.73. The minimum absolute atomic E-state index is 0.921. The highest BCUT2D eigenvalue weighted by Gasteiger charge is 2.27. The van der Waals surface area contributed by atoms with Crippen molar-refractivity contribution in [3.8, 4) is 0 Å². The summed E-state index contributed by atoms with van der Waals surface area (Å²) >= 11 is 0. The highest BCUT2D eigenvalue weighted by Crippen LogP contribution is 2.42. The minimum Gasteiger partial charge on any atom is -0.0841 e. The molecule has 0 heterocycles. The molecule has 48 valence electrons. The van der Waals surface area contributed by atoms with Gasteiger partial charge in [0.05, 0.1) is 0 Å². The highest BCUT2D eigenvalue weighted by atomic mass is 14.3. The maximum atomic E-state index is 2.38. The molecule has 1 saturated carbocycles. The van der Waals surface area contributed by atoms with Crippen molar-refractivity contribution in [1.82, 2.24) is 0 Å². The van der Waals surface area contributed by atoms with Gasteiger partial charge in [0, 0.05) is 0 Å². The first-order chi connectivity index (χ1) is 4.40. The largest absolute Gasteiger partial charge is 0.0841 e. The summed E-state index contributed by atoms with van der Waals surface area (Å²) in [4.78, 5) is 0. The maximum Gasteiger partial charge on any atom is -0.0125 e. The minimum atomic E-state index is 0.921. The van der Waals surface area contributed by atoms with E-state index in [4.69, 9.17) is 0 Å². The Kier molecular flexibility index (Phi) is 1.01. The molecule has 2 rings (SSSR count). The van der Waals surface area contributed by atoms with Crippen LogP contribution in [-0.2, 0) is 0 Å². The first kappa shape index (κ1) is 5.28. The van der Waals surface area contributed by atoms with Gasteiger partial charge in [0.1, 0.15) is 0 Å². The van der Waals surface area contributed by atoms with Gasteiger partial charge in [0.25, 0.3) is 0 Å². The zero-order chi connectivity index (χ0) is 6.27. The summed E-state index contributed by atoms with van der Waals surface area (Å²) in [6, 6.07) is 0. The molecule has 0 N–H and O–H groups in total. The normalized spacial score (nSPS) is 35.9. The van der Waals surface area contributed by atoms with E-state index < -0.39 is 0 Å². The van der Waals surface area contributed by atoms with Gasteiger partial charge >= 0.3 is 0 Å². The van der Waals surface area contributed by atoms with Crippen molar-refractivity contribution in [2.75, 3.05) is 0 Å². The molecule has 0 aromatic carbocycles. The van der Waals surface area contributed by atoms with Crippen LogP contribution in [0.2, 0.25) is 0 Å². The fraction of sp³-hybridized carbons (Fsp3) is 0.556. The van der Waals surface area contributed by atoms with Gasteiger partial charge < -0.3 is 0 Å². The third-order valence-electron chi connectivity index (χ3n) is 2.50. The third-order valence-corrected chi connectivity index (χ3v) is 2.50. The zero-order valence-electron chi connectivity index (χ0n) is 5.85. The molecule has 0 amide bonds. The standard InChI is InChI=1S/C9H12/c1-2-8-5-7-3-4-9(8)6-7/h2,5,9H,3-4,6H2,1H3/b8-2+/t9-/m0/s1. The van der Waals surface area contributed by atoms with Crippen molar-refractivity contribution in [3.63, 3.8) is 0 Å². The molecule has 0 nitrogen and oxygen atoms in total. The van der Waals surface area contributed by atoms with Crippen LogP contribution in [-0.4, -0.2) is 0 Å². The van der Waals surface area contributed by atoms with E-state index in [0.29, 0.717) is 0 Å². The van der Waals surface area contributed by atoms with Crippen molar-refractivity contribution < 1.29 is 0 Å². The molecule has 0 aromatic heterocycles. The maximum absolute atomic E-state index is 2.38. The van der Waals surface area contributed by atoms with E-state index in [2.05, 4.69) is 19.1 Å². The Morgan fingerprint density at radius 1 is 1.67 bits per heavy atom. The molecule has 1 atom stereocenters. The van der Waals surface area contributed by atoms with Gasteiger partial charge in [-0.05, 0) is 37.7 Å². The second-order valence-corrected chi connectivity index (χ2v) is 3.03. The molecular formula is C9H12. The molecule has 0 spiro atoms. The van der Waals surface area contributed by atoms with E-state index in [9.17, 15) is 0 Å². The van der Waals surface area contributed by atoms with E-state index in [1.807, 2.05) is 0 Å².